The van der Waals surface area contributed by atoms with Gasteiger partial charge in [-0.05, 0) is 35.6 Å². The van der Waals surface area contributed by atoms with Crippen LogP contribution in [0.3, 0.4) is 0 Å². The molecule has 2 aromatic rings. The summed E-state index contributed by atoms with van der Waals surface area (Å²) in [4.78, 5) is 16.1. The number of Topliss-reactive ketones (excluding diaryl/α,β-unsaturated/α-hetero) is 1. The minimum atomic E-state index is 0.156. The van der Waals surface area contributed by atoms with Gasteiger partial charge in [-0.3, -0.25) is 4.79 Å². The van der Waals surface area contributed by atoms with Crippen LogP contribution in [0.25, 0.3) is 0 Å². The number of aromatic nitrogens is 1. The van der Waals surface area contributed by atoms with E-state index in [-0.39, 0.29) is 5.78 Å². The third-order valence-corrected chi connectivity index (χ3v) is 4.62. The predicted octanol–water partition coefficient (Wildman–Crippen LogP) is 3.54. The molecule has 0 N–H and O–H groups in total. The standard InChI is InChI=1S/C10H8INOS2/c1-6-4-15-10(12-6)3-8(13)7-2-9(11)14-5-7/h2,4-5H,3H2,1H3. The van der Waals surface area contributed by atoms with Crippen LogP contribution in [-0.2, 0) is 6.42 Å². The molecule has 2 aromatic heterocycles. The zero-order chi connectivity index (χ0) is 10.8. The van der Waals surface area contributed by atoms with Gasteiger partial charge < -0.3 is 0 Å². The second kappa shape index (κ2) is 4.71. The summed E-state index contributed by atoms with van der Waals surface area (Å²) in [5, 5.41) is 4.78. The second-order valence-electron chi connectivity index (χ2n) is 3.12. The van der Waals surface area contributed by atoms with E-state index in [1.165, 1.54) is 0 Å². The van der Waals surface area contributed by atoms with Crippen LogP contribution in [0, 0.1) is 9.81 Å². The molecular formula is C10H8INOS2. The first-order chi connectivity index (χ1) is 7.15. The summed E-state index contributed by atoms with van der Waals surface area (Å²) in [5.74, 6) is 0.156. The van der Waals surface area contributed by atoms with E-state index in [2.05, 4.69) is 27.6 Å². The maximum absolute atomic E-state index is 11.8. The number of hydrogen-bond acceptors (Lipinski definition) is 4. The highest BCUT2D eigenvalue weighted by atomic mass is 127. The Morgan fingerprint density at radius 1 is 1.47 bits per heavy atom. The Labute approximate surface area is 110 Å². The molecule has 2 rings (SSSR count). The van der Waals surface area contributed by atoms with Crippen molar-refractivity contribution in [1.29, 1.82) is 0 Å². The van der Waals surface area contributed by atoms with Crippen molar-refractivity contribution < 1.29 is 4.79 Å². The Morgan fingerprint density at radius 2 is 2.27 bits per heavy atom. The van der Waals surface area contributed by atoms with Crippen molar-refractivity contribution in [2.75, 3.05) is 0 Å². The number of ketones is 1. The molecule has 5 heteroatoms. The highest BCUT2D eigenvalue weighted by molar-refractivity contribution is 14.1. The summed E-state index contributed by atoms with van der Waals surface area (Å²) < 4.78 is 1.14. The number of aryl methyl sites for hydroxylation is 1. The van der Waals surface area contributed by atoms with Gasteiger partial charge >= 0.3 is 0 Å². The third kappa shape index (κ3) is 2.85. The van der Waals surface area contributed by atoms with Crippen LogP contribution in [0.15, 0.2) is 16.8 Å². The first kappa shape index (κ1) is 11.2. The molecule has 78 valence electrons. The van der Waals surface area contributed by atoms with E-state index in [9.17, 15) is 4.79 Å². The minimum Gasteiger partial charge on any atom is -0.294 e. The largest absolute Gasteiger partial charge is 0.294 e. The van der Waals surface area contributed by atoms with Crippen LogP contribution in [0.5, 0.6) is 0 Å². The molecule has 0 amide bonds. The molecule has 0 saturated heterocycles. The summed E-state index contributed by atoms with van der Waals surface area (Å²) >= 11 is 5.37. The molecule has 0 radical (unpaired) electrons. The normalized spacial score (nSPS) is 10.5. The van der Waals surface area contributed by atoms with Crippen molar-refractivity contribution in [1.82, 2.24) is 4.98 Å². The van der Waals surface area contributed by atoms with Crippen LogP contribution in [0.2, 0.25) is 0 Å². The molecule has 0 fully saturated rings. The van der Waals surface area contributed by atoms with Gasteiger partial charge in [0.05, 0.1) is 9.30 Å². The number of hydrogen-bond donors (Lipinski definition) is 0. The average Bonchev–Trinajstić information content (AvgIpc) is 2.75. The Bertz CT molecular complexity index is 489. The lowest BCUT2D eigenvalue weighted by Crippen LogP contribution is -2.01. The van der Waals surface area contributed by atoms with E-state index in [0.717, 1.165) is 19.1 Å². The topological polar surface area (TPSA) is 30.0 Å². The molecule has 0 aromatic carbocycles. The van der Waals surface area contributed by atoms with Crippen LogP contribution in [0.4, 0.5) is 0 Å². The van der Waals surface area contributed by atoms with Gasteiger partial charge in [-0.1, -0.05) is 0 Å². The van der Waals surface area contributed by atoms with Crippen molar-refractivity contribution in [3.8, 4) is 0 Å². The Kier molecular flexibility index (Phi) is 3.53. The summed E-state index contributed by atoms with van der Waals surface area (Å²) in [6.45, 7) is 1.94. The smallest absolute Gasteiger partial charge is 0.170 e. The molecule has 0 spiro atoms. The fourth-order valence-electron chi connectivity index (χ4n) is 1.18. The molecule has 0 aliphatic carbocycles. The van der Waals surface area contributed by atoms with Gasteiger partial charge in [0, 0.05) is 22.0 Å². The number of thiazole rings is 1. The van der Waals surface area contributed by atoms with Crippen LogP contribution >= 0.6 is 45.3 Å². The lowest BCUT2D eigenvalue weighted by Gasteiger charge is -1.93. The first-order valence-electron chi connectivity index (χ1n) is 4.33. The van der Waals surface area contributed by atoms with Crippen molar-refractivity contribution in [2.24, 2.45) is 0 Å². The van der Waals surface area contributed by atoms with Gasteiger partial charge in [0.15, 0.2) is 5.78 Å². The Balaban J connectivity index is 2.10. The summed E-state index contributed by atoms with van der Waals surface area (Å²) in [5.41, 5.74) is 1.79. The molecule has 15 heavy (non-hydrogen) atoms. The van der Waals surface area contributed by atoms with E-state index in [1.54, 1.807) is 22.7 Å². The molecule has 0 unspecified atom stereocenters. The molecule has 0 aliphatic heterocycles. The Hall–Kier alpha value is -0.270. The molecule has 2 nitrogen and oxygen atoms in total. The van der Waals surface area contributed by atoms with Crippen molar-refractivity contribution in [3.05, 3.63) is 36.0 Å². The quantitative estimate of drug-likeness (QED) is 0.627. The van der Waals surface area contributed by atoms with E-state index in [4.69, 9.17) is 0 Å². The molecule has 0 saturated carbocycles. The Morgan fingerprint density at radius 3 is 2.80 bits per heavy atom. The predicted molar refractivity (Wildman–Crippen MR) is 71.9 cm³/mol. The summed E-state index contributed by atoms with van der Waals surface area (Å²) in [7, 11) is 0. The molecule has 0 aliphatic rings. The molecular weight excluding hydrogens is 341 g/mol. The zero-order valence-electron chi connectivity index (χ0n) is 7.99. The summed E-state index contributed by atoms with van der Waals surface area (Å²) in [6, 6.07) is 1.92. The molecule has 0 atom stereocenters. The fourth-order valence-corrected chi connectivity index (χ4v) is 3.30. The van der Waals surface area contributed by atoms with Gasteiger partial charge in [-0.25, -0.2) is 4.98 Å². The third-order valence-electron chi connectivity index (χ3n) is 1.87. The van der Waals surface area contributed by atoms with Gasteiger partial charge in [-0.15, -0.1) is 22.7 Å². The van der Waals surface area contributed by atoms with E-state index >= 15 is 0 Å². The number of nitrogens with zero attached hydrogens (tertiary/aromatic N) is 1. The van der Waals surface area contributed by atoms with Gasteiger partial charge in [0.25, 0.3) is 0 Å². The lowest BCUT2D eigenvalue weighted by molar-refractivity contribution is 0.0993. The van der Waals surface area contributed by atoms with Gasteiger partial charge in [0.1, 0.15) is 5.01 Å². The zero-order valence-corrected chi connectivity index (χ0v) is 11.8. The minimum absolute atomic E-state index is 0.156. The number of rotatable bonds is 3. The van der Waals surface area contributed by atoms with Gasteiger partial charge in [0.2, 0.25) is 0 Å². The lowest BCUT2D eigenvalue weighted by atomic mass is 10.2. The van der Waals surface area contributed by atoms with Crippen molar-refractivity contribution in [3.63, 3.8) is 0 Å². The SMILES string of the molecule is Cc1csc(CC(=O)c2csc(I)c2)n1. The maximum atomic E-state index is 11.8. The van der Waals surface area contributed by atoms with Crippen LogP contribution in [-0.4, -0.2) is 10.8 Å². The van der Waals surface area contributed by atoms with Crippen molar-refractivity contribution >= 4 is 51.0 Å². The van der Waals surface area contributed by atoms with E-state index in [1.807, 2.05) is 23.8 Å². The number of halogens is 1. The molecule has 2 heterocycles. The highest BCUT2D eigenvalue weighted by Crippen LogP contribution is 2.19. The van der Waals surface area contributed by atoms with E-state index in [0.29, 0.717) is 6.42 Å². The highest BCUT2D eigenvalue weighted by Gasteiger charge is 2.10. The number of carbonyl (C=O) groups excluding carboxylic acids is 1. The second-order valence-corrected chi connectivity index (χ2v) is 6.87. The number of carbonyl (C=O) groups is 1. The van der Waals surface area contributed by atoms with Gasteiger partial charge in [-0.2, -0.15) is 0 Å². The fraction of sp³-hybridized carbons (Fsp3) is 0.200. The van der Waals surface area contributed by atoms with Crippen LogP contribution in [0.1, 0.15) is 21.1 Å². The number of thiophene rings is 1. The molecule has 0 bridgehead atoms. The van der Waals surface area contributed by atoms with Crippen molar-refractivity contribution in [2.45, 2.75) is 13.3 Å². The first-order valence-corrected chi connectivity index (χ1v) is 7.17. The van der Waals surface area contributed by atoms with E-state index < -0.39 is 0 Å². The average molecular weight is 349 g/mol. The monoisotopic (exact) mass is 349 g/mol. The van der Waals surface area contributed by atoms with Crippen LogP contribution < -0.4 is 0 Å². The maximum Gasteiger partial charge on any atom is 0.170 e. The summed E-state index contributed by atoms with van der Waals surface area (Å²) in [6.07, 6.45) is 0.422.